The van der Waals surface area contributed by atoms with Crippen LogP contribution in [0.15, 0.2) is 54.6 Å². The summed E-state index contributed by atoms with van der Waals surface area (Å²) >= 11 is 0. The van der Waals surface area contributed by atoms with E-state index in [1.807, 2.05) is 48.5 Å². The average molecular weight is 268 g/mol. The van der Waals surface area contributed by atoms with Gasteiger partial charge in [0.2, 0.25) is 0 Å². The number of methoxy groups -OCH3 is 2. The van der Waals surface area contributed by atoms with Crippen molar-refractivity contribution in [2.75, 3.05) is 14.2 Å². The van der Waals surface area contributed by atoms with E-state index >= 15 is 0 Å². The van der Waals surface area contributed by atoms with E-state index in [0.29, 0.717) is 0 Å². The van der Waals surface area contributed by atoms with E-state index in [0.717, 1.165) is 34.5 Å². The quantitative estimate of drug-likeness (QED) is 0.616. The minimum absolute atomic E-state index is 0.752. The molecule has 2 aromatic carbocycles. The minimum Gasteiger partial charge on any atom is -0.497 e. The van der Waals surface area contributed by atoms with Crippen molar-refractivity contribution >= 4 is 11.9 Å². The molecule has 0 aromatic heterocycles. The maximum absolute atomic E-state index is 10.9. The van der Waals surface area contributed by atoms with Crippen molar-refractivity contribution in [3.05, 3.63) is 65.7 Å². The van der Waals surface area contributed by atoms with Gasteiger partial charge >= 0.3 is 0 Å². The Kier molecular flexibility index (Phi) is 4.56. The molecule has 3 nitrogen and oxygen atoms in total. The van der Waals surface area contributed by atoms with E-state index in [1.54, 1.807) is 20.3 Å². The van der Waals surface area contributed by atoms with E-state index in [-0.39, 0.29) is 0 Å². The lowest BCUT2D eigenvalue weighted by atomic mass is 9.97. The molecular formula is C17H16O3. The minimum atomic E-state index is 0.752. The summed E-state index contributed by atoms with van der Waals surface area (Å²) in [5.41, 5.74) is 2.67. The predicted octanol–water partition coefficient (Wildman–Crippen LogP) is 3.33. The SMILES string of the molecule is COc1cccc(C(=CC=O)c2cccc(OC)c2)c1. The van der Waals surface area contributed by atoms with Crippen LogP contribution in [0.4, 0.5) is 0 Å². The molecule has 0 heterocycles. The molecule has 2 aromatic rings. The third kappa shape index (κ3) is 3.06. The highest BCUT2D eigenvalue weighted by atomic mass is 16.5. The molecule has 0 spiro atoms. The molecule has 0 aliphatic carbocycles. The van der Waals surface area contributed by atoms with Crippen LogP contribution in [0.1, 0.15) is 11.1 Å². The van der Waals surface area contributed by atoms with Crippen molar-refractivity contribution in [1.82, 2.24) is 0 Å². The molecule has 2 rings (SSSR count). The Labute approximate surface area is 118 Å². The maximum atomic E-state index is 10.9. The van der Waals surface area contributed by atoms with Gasteiger partial charge in [-0.15, -0.1) is 0 Å². The Bertz CT molecular complexity index is 580. The lowest BCUT2D eigenvalue weighted by molar-refractivity contribution is -0.104. The summed E-state index contributed by atoms with van der Waals surface area (Å²) < 4.78 is 10.4. The van der Waals surface area contributed by atoms with E-state index in [2.05, 4.69) is 0 Å². The van der Waals surface area contributed by atoms with Crippen molar-refractivity contribution < 1.29 is 14.3 Å². The fraction of sp³-hybridized carbons (Fsp3) is 0.118. The second-order valence-corrected chi connectivity index (χ2v) is 4.18. The highest BCUT2D eigenvalue weighted by Gasteiger charge is 2.07. The normalized spacial score (nSPS) is 9.70. The summed E-state index contributed by atoms with van der Waals surface area (Å²) in [6.07, 6.45) is 2.33. The van der Waals surface area contributed by atoms with Crippen LogP contribution in [0.2, 0.25) is 0 Å². The van der Waals surface area contributed by atoms with Crippen LogP contribution in [-0.4, -0.2) is 20.5 Å². The second kappa shape index (κ2) is 6.57. The lowest BCUT2D eigenvalue weighted by Crippen LogP contribution is -1.92. The molecule has 0 aliphatic rings. The first kappa shape index (κ1) is 13.9. The summed E-state index contributed by atoms with van der Waals surface area (Å²) in [4.78, 5) is 10.9. The van der Waals surface area contributed by atoms with Crippen LogP contribution in [0.25, 0.3) is 5.57 Å². The Morgan fingerprint density at radius 1 is 0.900 bits per heavy atom. The number of rotatable bonds is 5. The van der Waals surface area contributed by atoms with Gasteiger partial charge in [-0.05, 0) is 47.0 Å². The molecule has 0 atom stereocenters. The van der Waals surface area contributed by atoms with Crippen LogP contribution >= 0.6 is 0 Å². The molecule has 0 fully saturated rings. The molecule has 0 amide bonds. The van der Waals surface area contributed by atoms with E-state index < -0.39 is 0 Å². The van der Waals surface area contributed by atoms with E-state index in [9.17, 15) is 4.79 Å². The van der Waals surface area contributed by atoms with Crippen LogP contribution in [0, 0.1) is 0 Å². The summed E-state index contributed by atoms with van der Waals surface area (Å²) in [5, 5.41) is 0. The summed E-state index contributed by atoms with van der Waals surface area (Å²) in [5.74, 6) is 1.50. The van der Waals surface area contributed by atoms with Crippen molar-refractivity contribution in [2.45, 2.75) is 0 Å². The Hall–Kier alpha value is -2.55. The Balaban J connectivity index is 2.50. The topological polar surface area (TPSA) is 35.5 Å². The number of aldehydes is 1. The van der Waals surface area contributed by atoms with Gasteiger partial charge in [0.25, 0.3) is 0 Å². The molecule has 102 valence electrons. The highest BCUT2D eigenvalue weighted by molar-refractivity contribution is 5.90. The molecule has 0 aliphatic heterocycles. The first-order valence-electron chi connectivity index (χ1n) is 6.23. The third-order valence-electron chi connectivity index (χ3n) is 3.00. The van der Waals surface area contributed by atoms with Crippen LogP contribution in [0.3, 0.4) is 0 Å². The monoisotopic (exact) mass is 268 g/mol. The van der Waals surface area contributed by atoms with Gasteiger partial charge in [-0.1, -0.05) is 24.3 Å². The molecule has 20 heavy (non-hydrogen) atoms. The zero-order valence-corrected chi connectivity index (χ0v) is 11.5. The molecule has 0 N–H and O–H groups in total. The van der Waals surface area contributed by atoms with Crippen LogP contribution in [0.5, 0.6) is 11.5 Å². The van der Waals surface area contributed by atoms with Crippen molar-refractivity contribution in [1.29, 1.82) is 0 Å². The zero-order valence-electron chi connectivity index (χ0n) is 11.5. The average Bonchev–Trinajstić information content (AvgIpc) is 2.52. The standard InChI is InChI=1S/C17H16O3/c1-19-15-7-3-5-13(11-15)17(9-10-18)14-6-4-8-16(12-14)20-2/h3-12H,1-2H3. The number of ether oxygens (including phenoxy) is 2. The van der Waals surface area contributed by atoms with Gasteiger partial charge in [-0.2, -0.15) is 0 Å². The first-order chi connectivity index (χ1) is 9.78. The van der Waals surface area contributed by atoms with Gasteiger partial charge < -0.3 is 9.47 Å². The smallest absolute Gasteiger partial charge is 0.143 e. The van der Waals surface area contributed by atoms with Crippen molar-refractivity contribution in [2.24, 2.45) is 0 Å². The fourth-order valence-corrected chi connectivity index (χ4v) is 2.01. The number of allylic oxidation sites excluding steroid dienone is 1. The molecule has 3 heteroatoms. The molecule has 0 bridgehead atoms. The molecule has 0 unspecified atom stereocenters. The second-order valence-electron chi connectivity index (χ2n) is 4.18. The van der Waals surface area contributed by atoms with Crippen molar-refractivity contribution in [3.63, 3.8) is 0 Å². The van der Waals surface area contributed by atoms with Gasteiger partial charge in [0.1, 0.15) is 17.8 Å². The number of carbonyl (C=O) groups excluding carboxylic acids is 1. The number of hydrogen-bond acceptors (Lipinski definition) is 3. The Morgan fingerprint density at radius 2 is 1.40 bits per heavy atom. The van der Waals surface area contributed by atoms with Gasteiger partial charge in [0.15, 0.2) is 0 Å². The van der Waals surface area contributed by atoms with Gasteiger partial charge in [-0.3, -0.25) is 4.79 Å². The zero-order chi connectivity index (χ0) is 14.4. The molecular weight excluding hydrogens is 252 g/mol. The van der Waals surface area contributed by atoms with Gasteiger partial charge in [-0.25, -0.2) is 0 Å². The summed E-state index contributed by atoms with van der Waals surface area (Å²) in [7, 11) is 3.24. The highest BCUT2D eigenvalue weighted by Crippen LogP contribution is 2.28. The maximum Gasteiger partial charge on any atom is 0.143 e. The largest absolute Gasteiger partial charge is 0.497 e. The summed E-state index contributed by atoms with van der Waals surface area (Å²) in [6, 6.07) is 15.2. The molecule has 0 saturated heterocycles. The van der Waals surface area contributed by atoms with E-state index in [4.69, 9.17) is 9.47 Å². The number of carbonyl (C=O) groups is 1. The third-order valence-corrected chi connectivity index (χ3v) is 3.00. The predicted molar refractivity (Wildman–Crippen MR) is 79.1 cm³/mol. The number of benzene rings is 2. The molecule has 0 radical (unpaired) electrons. The first-order valence-corrected chi connectivity index (χ1v) is 6.23. The van der Waals surface area contributed by atoms with Gasteiger partial charge in [0, 0.05) is 0 Å². The fourth-order valence-electron chi connectivity index (χ4n) is 2.01. The van der Waals surface area contributed by atoms with Crippen LogP contribution in [-0.2, 0) is 4.79 Å². The summed E-state index contributed by atoms with van der Waals surface area (Å²) in [6.45, 7) is 0. The van der Waals surface area contributed by atoms with E-state index in [1.165, 1.54) is 0 Å². The molecule has 0 saturated carbocycles. The van der Waals surface area contributed by atoms with Crippen molar-refractivity contribution in [3.8, 4) is 11.5 Å². The van der Waals surface area contributed by atoms with Gasteiger partial charge in [0.05, 0.1) is 14.2 Å². The number of hydrogen-bond donors (Lipinski definition) is 0. The lowest BCUT2D eigenvalue weighted by Gasteiger charge is -2.10. The van der Waals surface area contributed by atoms with Crippen LogP contribution < -0.4 is 9.47 Å². The Morgan fingerprint density at radius 3 is 1.80 bits per heavy atom.